The summed E-state index contributed by atoms with van der Waals surface area (Å²) in [5.74, 6) is -0.353. The van der Waals surface area contributed by atoms with Gasteiger partial charge in [0.1, 0.15) is 0 Å². The quantitative estimate of drug-likeness (QED) is 0.832. The van der Waals surface area contributed by atoms with Crippen molar-refractivity contribution in [3.05, 3.63) is 23.8 Å². The highest BCUT2D eigenvalue weighted by Gasteiger charge is 2.13. The molecule has 1 atom stereocenters. The number of amides is 1. The first kappa shape index (κ1) is 13.7. The summed E-state index contributed by atoms with van der Waals surface area (Å²) < 4.78 is 23.0. The van der Waals surface area contributed by atoms with Gasteiger partial charge in [-0.3, -0.25) is 4.79 Å². The van der Waals surface area contributed by atoms with E-state index in [-0.39, 0.29) is 10.8 Å². The molecule has 0 heterocycles. The molecule has 6 heteroatoms. The highest BCUT2D eigenvalue weighted by molar-refractivity contribution is 7.90. The van der Waals surface area contributed by atoms with Gasteiger partial charge >= 0.3 is 0 Å². The molecule has 1 aromatic rings. The molecule has 0 saturated carbocycles. The van der Waals surface area contributed by atoms with E-state index in [2.05, 4.69) is 5.32 Å². The number of nitrogens with one attached hydrogen (secondary N) is 1. The SMILES string of the molecule is Cc1ccc(NC(=O)[C@@H](C)N)cc1S(C)(=O)=O. The van der Waals surface area contributed by atoms with Gasteiger partial charge in [0.25, 0.3) is 0 Å². The van der Waals surface area contributed by atoms with Crippen LogP contribution in [0.2, 0.25) is 0 Å². The fraction of sp³-hybridized carbons (Fsp3) is 0.364. The highest BCUT2D eigenvalue weighted by atomic mass is 32.2. The number of carbonyl (C=O) groups excluding carboxylic acids is 1. The average Bonchev–Trinajstić information content (AvgIpc) is 2.19. The summed E-state index contributed by atoms with van der Waals surface area (Å²) in [7, 11) is -3.29. The summed E-state index contributed by atoms with van der Waals surface area (Å²) in [6, 6.07) is 4.08. The number of benzene rings is 1. The van der Waals surface area contributed by atoms with E-state index in [1.807, 2.05) is 0 Å². The Morgan fingerprint density at radius 3 is 2.47 bits per heavy atom. The normalized spacial score (nSPS) is 13.2. The summed E-state index contributed by atoms with van der Waals surface area (Å²) in [6.45, 7) is 3.26. The van der Waals surface area contributed by atoms with Crippen molar-refractivity contribution in [3.8, 4) is 0 Å². The maximum absolute atomic E-state index is 11.5. The Kier molecular flexibility index (Phi) is 3.90. The molecule has 0 bridgehead atoms. The molecule has 0 radical (unpaired) electrons. The number of nitrogens with two attached hydrogens (primary N) is 1. The monoisotopic (exact) mass is 256 g/mol. The van der Waals surface area contributed by atoms with Crippen molar-refractivity contribution in [2.75, 3.05) is 11.6 Å². The third kappa shape index (κ3) is 3.54. The number of anilines is 1. The summed E-state index contributed by atoms with van der Waals surface area (Å²) >= 11 is 0. The lowest BCUT2D eigenvalue weighted by Gasteiger charge is -2.10. The first-order valence-corrected chi connectivity index (χ1v) is 6.98. The molecule has 0 aromatic heterocycles. The van der Waals surface area contributed by atoms with E-state index in [0.29, 0.717) is 11.3 Å². The van der Waals surface area contributed by atoms with Crippen LogP contribution >= 0.6 is 0 Å². The van der Waals surface area contributed by atoms with Crippen molar-refractivity contribution in [3.63, 3.8) is 0 Å². The van der Waals surface area contributed by atoms with Gasteiger partial charge in [-0.05, 0) is 31.5 Å². The van der Waals surface area contributed by atoms with Crippen LogP contribution in [-0.4, -0.2) is 26.6 Å². The van der Waals surface area contributed by atoms with Gasteiger partial charge in [0.2, 0.25) is 5.91 Å². The average molecular weight is 256 g/mol. The lowest BCUT2D eigenvalue weighted by molar-refractivity contribution is -0.117. The second-order valence-electron chi connectivity index (χ2n) is 4.03. The van der Waals surface area contributed by atoms with Crippen molar-refractivity contribution in [1.29, 1.82) is 0 Å². The molecule has 5 nitrogen and oxygen atoms in total. The predicted octanol–water partition coefficient (Wildman–Crippen LogP) is 0.684. The van der Waals surface area contributed by atoms with Crippen LogP contribution in [0.1, 0.15) is 12.5 Å². The zero-order valence-electron chi connectivity index (χ0n) is 10.0. The van der Waals surface area contributed by atoms with Crippen LogP contribution < -0.4 is 11.1 Å². The number of hydrogen-bond donors (Lipinski definition) is 2. The van der Waals surface area contributed by atoms with Crippen LogP contribution in [0.4, 0.5) is 5.69 Å². The Bertz CT molecular complexity index is 536. The molecule has 0 spiro atoms. The minimum absolute atomic E-state index is 0.208. The van der Waals surface area contributed by atoms with Gasteiger partial charge in [-0.1, -0.05) is 6.07 Å². The van der Waals surface area contributed by atoms with Gasteiger partial charge in [-0.25, -0.2) is 8.42 Å². The molecule has 1 amide bonds. The number of aryl methyl sites for hydroxylation is 1. The third-order valence-corrected chi connectivity index (χ3v) is 3.51. The number of rotatable bonds is 3. The van der Waals surface area contributed by atoms with Crippen molar-refractivity contribution >= 4 is 21.4 Å². The van der Waals surface area contributed by atoms with Crippen LogP contribution in [0, 0.1) is 6.92 Å². The highest BCUT2D eigenvalue weighted by Crippen LogP contribution is 2.20. The zero-order chi connectivity index (χ0) is 13.2. The molecule has 1 rings (SSSR count). The zero-order valence-corrected chi connectivity index (χ0v) is 10.8. The van der Waals surface area contributed by atoms with Gasteiger partial charge in [0, 0.05) is 11.9 Å². The van der Waals surface area contributed by atoms with Crippen molar-refractivity contribution < 1.29 is 13.2 Å². The van der Waals surface area contributed by atoms with Crippen LogP contribution in [0.15, 0.2) is 23.1 Å². The topological polar surface area (TPSA) is 89.3 Å². The van der Waals surface area contributed by atoms with E-state index in [4.69, 9.17) is 5.73 Å². The minimum atomic E-state index is -3.29. The molecule has 17 heavy (non-hydrogen) atoms. The second-order valence-corrected chi connectivity index (χ2v) is 6.01. The van der Waals surface area contributed by atoms with E-state index in [1.165, 1.54) is 6.07 Å². The molecule has 0 aliphatic rings. The molecule has 1 aromatic carbocycles. The van der Waals surface area contributed by atoms with Crippen molar-refractivity contribution in [2.45, 2.75) is 24.8 Å². The first-order valence-electron chi connectivity index (χ1n) is 5.09. The van der Waals surface area contributed by atoms with E-state index in [9.17, 15) is 13.2 Å². The molecule has 0 fully saturated rings. The Morgan fingerprint density at radius 1 is 1.41 bits per heavy atom. The second kappa shape index (κ2) is 4.85. The molecule has 0 aliphatic carbocycles. The maximum Gasteiger partial charge on any atom is 0.240 e. The fourth-order valence-electron chi connectivity index (χ4n) is 1.33. The summed E-state index contributed by atoms with van der Waals surface area (Å²) in [6.07, 6.45) is 1.13. The van der Waals surface area contributed by atoms with E-state index < -0.39 is 15.9 Å². The lowest BCUT2D eigenvalue weighted by atomic mass is 10.2. The maximum atomic E-state index is 11.5. The Hall–Kier alpha value is -1.40. The Balaban J connectivity index is 3.10. The summed E-state index contributed by atoms with van der Waals surface area (Å²) in [4.78, 5) is 11.6. The molecule has 3 N–H and O–H groups in total. The molecule has 94 valence electrons. The van der Waals surface area contributed by atoms with Gasteiger partial charge in [-0.15, -0.1) is 0 Å². The molecule has 0 unspecified atom stereocenters. The molecular weight excluding hydrogens is 240 g/mol. The number of sulfone groups is 1. The van der Waals surface area contributed by atoms with Gasteiger partial charge in [-0.2, -0.15) is 0 Å². The van der Waals surface area contributed by atoms with Crippen molar-refractivity contribution in [2.24, 2.45) is 5.73 Å². The van der Waals surface area contributed by atoms with Crippen LogP contribution in [0.5, 0.6) is 0 Å². The predicted molar refractivity (Wildman–Crippen MR) is 66.6 cm³/mol. The Labute approximate surface area is 101 Å². The van der Waals surface area contributed by atoms with Crippen molar-refractivity contribution in [1.82, 2.24) is 0 Å². The van der Waals surface area contributed by atoms with E-state index in [0.717, 1.165) is 6.26 Å². The van der Waals surface area contributed by atoms with E-state index >= 15 is 0 Å². The minimum Gasteiger partial charge on any atom is -0.325 e. The van der Waals surface area contributed by atoms with Crippen LogP contribution in [-0.2, 0) is 14.6 Å². The van der Waals surface area contributed by atoms with Gasteiger partial charge in [0.05, 0.1) is 10.9 Å². The smallest absolute Gasteiger partial charge is 0.240 e. The standard InChI is InChI=1S/C11H16N2O3S/c1-7-4-5-9(13-11(14)8(2)12)6-10(7)17(3,15)16/h4-6,8H,12H2,1-3H3,(H,13,14)/t8-/m1/s1. The number of carbonyl (C=O) groups is 1. The Morgan fingerprint density at radius 2 is 2.00 bits per heavy atom. The first-order chi connectivity index (χ1) is 7.71. The lowest BCUT2D eigenvalue weighted by Crippen LogP contribution is -2.32. The molecular formula is C11H16N2O3S. The van der Waals surface area contributed by atoms with Crippen LogP contribution in [0.3, 0.4) is 0 Å². The fourth-order valence-corrected chi connectivity index (χ4v) is 2.33. The van der Waals surface area contributed by atoms with E-state index in [1.54, 1.807) is 26.0 Å². The van der Waals surface area contributed by atoms with Gasteiger partial charge < -0.3 is 11.1 Å². The molecule has 0 saturated heterocycles. The summed E-state index contributed by atoms with van der Waals surface area (Å²) in [5, 5.41) is 2.55. The number of hydrogen-bond acceptors (Lipinski definition) is 4. The third-order valence-electron chi connectivity index (χ3n) is 2.27. The largest absolute Gasteiger partial charge is 0.325 e. The summed E-state index contributed by atoms with van der Waals surface area (Å²) in [5.41, 5.74) is 6.48. The molecule has 0 aliphatic heterocycles. The van der Waals surface area contributed by atoms with Crippen LogP contribution in [0.25, 0.3) is 0 Å². The van der Waals surface area contributed by atoms with Gasteiger partial charge in [0.15, 0.2) is 9.84 Å².